The van der Waals surface area contributed by atoms with E-state index in [4.69, 9.17) is 4.74 Å². The van der Waals surface area contributed by atoms with E-state index in [9.17, 15) is 8.42 Å². The monoisotopic (exact) mass is 301 g/mol. The Labute approximate surface area is 102 Å². The highest BCUT2D eigenvalue weighted by atomic mass is 79.9. The minimum atomic E-state index is -3.47. The van der Waals surface area contributed by atoms with Gasteiger partial charge in [0.15, 0.2) is 5.04 Å². The van der Waals surface area contributed by atoms with E-state index < -0.39 is 9.84 Å². The number of sulfone groups is 1. The van der Waals surface area contributed by atoms with Crippen molar-refractivity contribution < 1.29 is 13.2 Å². The fourth-order valence-corrected chi connectivity index (χ4v) is 2.89. The normalized spacial score (nSPS) is 17.9. The Morgan fingerprint density at radius 3 is 2.69 bits per heavy atom. The van der Waals surface area contributed by atoms with Crippen LogP contribution in [0.2, 0.25) is 0 Å². The van der Waals surface area contributed by atoms with Gasteiger partial charge in [-0.25, -0.2) is 13.4 Å². The van der Waals surface area contributed by atoms with Crippen molar-refractivity contribution in [1.82, 2.24) is 0 Å². The summed E-state index contributed by atoms with van der Waals surface area (Å²) >= 11 is 2.96. The van der Waals surface area contributed by atoms with E-state index in [2.05, 4.69) is 20.9 Å². The van der Waals surface area contributed by atoms with E-state index in [0.29, 0.717) is 11.3 Å². The van der Waals surface area contributed by atoms with Crippen LogP contribution in [-0.4, -0.2) is 20.6 Å². The molecule has 1 aliphatic rings. The van der Waals surface area contributed by atoms with E-state index in [1.165, 1.54) is 13.3 Å². The Morgan fingerprint density at radius 1 is 1.38 bits per heavy atom. The van der Waals surface area contributed by atoms with Crippen molar-refractivity contribution >= 4 is 30.8 Å². The van der Waals surface area contributed by atoms with E-state index >= 15 is 0 Å². The van der Waals surface area contributed by atoms with Gasteiger partial charge in [0, 0.05) is 5.56 Å². The summed E-state index contributed by atoms with van der Waals surface area (Å²) < 4.78 is 28.7. The quantitative estimate of drug-likeness (QED) is 0.840. The van der Waals surface area contributed by atoms with Gasteiger partial charge in [-0.2, -0.15) is 0 Å². The fourth-order valence-electron chi connectivity index (χ4n) is 1.33. The SMILES string of the molecule is COc1cccc(C2=NC=C(Br)S2(=O)=O)c1. The summed E-state index contributed by atoms with van der Waals surface area (Å²) in [6.07, 6.45) is 1.28. The second-order valence-corrected chi connectivity index (χ2v) is 6.32. The van der Waals surface area contributed by atoms with Gasteiger partial charge in [0.05, 0.1) is 13.3 Å². The van der Waals surface area contributed by atoms with Crippen molar-refractivity contribution in [1.29, 1.82) is 0 Å². The summed E-state index contributed by atoms with van der Waals surface area (Å²) in [5.74, 6) is 0.596. The predicted molar refractivity (Wildman–Crippen MR) is 65.5 cm³/mol. The lowest BCUT2D eigenvalue weighted by atomic mass is 10.2. The lowest BCUT2D eigenvalue weighted by molar-refractivity contribution is 0.414. The third-order valence-corrected chi connectivity index (χ3v) is 5.06. The van der Waals surface area contributed by atoms with Gasteiger partial charge in [0.25, 0.3) is 0 Å². The highest BCUT2D eigenvalue weighted by Gasteiger charge is 2.29. The molecule has 0 atom stereocenters. The summed E-state index contributed by atoms with van der Waals surface area (Å²) in [6.45, 7) is 0. The van der Waals surface area contributed by atoms with Gasteiger partial charge >= 0.3 is 0 Å². The van der Waals surface area contributed by atoms with Crippen LogP contribution in [0.5, 0.6) is 5.75 Å². The van der Waals surface area contributed by atoms with E-state index in [0.717, 1.165) is 0 Å². The first-order valence-corrected chi connectivity index (χ1v) is 6.66. The predicted octanol–water partition coefficient (Wildman–Crippen LogP) is 2.06. The van der Waals surface area contributed by atoms with Gasteiger partial charge in [-0.3, -0.25) is 0 Å². The van der Waals surface area contributed by atoms with Crippen molar-refractivity contribution in [3.8, 4) is 5.75 Å². The van der Waals surface area contributed by atoms with E-state index in [-0.39, 0.29) is 8.86 Å². The molecule has 84 valence electrons. The molecule has 1 aromatic carbocycles. The van der Waals surface area contributed by atoms with Crippen LogP contribution >= 0.6 is 15.9 Å². The highest BCUT2D eigenvalue weighted by Crippen LogP contribution is 2.27. The van der Waals surface area contributed by atoms with Crippen molar-refractivity contribution in [3.05, 3.63) is 39.8 Å². The number of hydrogen-bond acceptors (Lipinski definition) is 4. The maximum atomic E-state index is 11.8. The molecule has 0 radical (unpaired) electrons. The molecule has 0 aromatic heterocycles. The minimum absolute atomic E-state index is 0.0401. The molecular formula is C10H8BrNO3S. The summed E-state index contributed by atoms with van der Waals surface area (Å²) in [5, 5.41) is 0.0401. The molecule has 0 bridgehead atoms. The van der Waals surface area contributed by atoms with Crippen molar-refractivity contribution in [2.24, 2.45) is 4.99 Å². The first-order valence-electron chi connectivity index (χ1n) is 4.38. The second-order valence-electron chi connectivity index (χ2n) is 3.10. The minimum Gasteiger partial charge on any atom is -0.497 e. The zero-order valence-electron chi connectivity index (χ0n) is 8.34. The largest absolute Gasteiger partial charge is 0.497 e. The molecule has 0 amide bonds. The molecule has 1 aliphatic heterocycles. The topological polar surface area (TPSA) is 55.7 Å². The molecule has 4 nitrogen and oxygen atoms in total. The number of methoxy groups -OCH3 is 1. The smallest absolute Gasteiger partial charge is 0.232 e. The molecule has 6 heteroatoms. The average Bonchev–Trinajstić information content (AvgIpc) is 2.54. The van der Waals surface area contributed by atoms with Gasteiger partial charge in [0.2, 0.25) is 9.84 Å². The third-order valence-electron chi connectivity index (χ3n) is 2.11. The molecular weight excluding hydrogens is 294 g/mol. The Hall–Kier alpha value is -1.14. The summed E-state index contributed by atoms with van der Waals surface area (Å²) in [6, 6.07) is 6.78. The van der Waals surface area contributed by atoms with Crippen LogP contribution in [0, 0.1) is 0 Å². The summed E-state index contributed by atoms with van der Waals surface area (Å²) in [7, 11) is -1.95. The molecule has 0 saturated heterocycles. The number of benzene rings is 1. The molecule has 16 heavy (non-hydrogen) atoms. The number of ether oxygens (including phenoxy) is 1. The van der Waals surface area contributed by atoms with Crippen LogP contribution < -0.4 is 4.74 Å². The number of aliphatic imine (C=N–C) groups is 1. The zero-order valence-corrected chi connectivity index (χ0v) is 10.7. The van der Waals surface area contributed by atoms with Gasteiger partial charge in [-0.1, -0.05) is 12.1 Å². The molecule has 0 fully saturated rings. The average molecular weight is 302 g/mol. The molecule has 0 aliphatic carbocycles. The fraction of sp³-hybridized carbons (Fsp3) is 0.100. The van der Waals surface area contributed by atoms with Gasteiger partial charge in [-0.05, 0) is 28.1 Å². The Balaban J connectivity index is 2.49. The molecule has 1 heterocycles. The van der Waals surface area contributed by atoms with Crippen molar-refractivity contribution in [2.45, 2.75) is 0 Å². The van der Waals surface area contributed by atoms with Crippen LogP contribution in [0.15, 0.2) is 39.3 Å². The van der Waals surface area contributed by atoms with E-state index in [1.54, 1.807) is 24.3 Å². The Bertz CT molecular complexity index is 590. The summed E-state index contributed by atoms with van der Waals surface area (Å²) in [4.78, 5) is 3.88. The molecule has 0 spiro atoms. The summed E-state index contributed by atoms with van der Waals surface area (Å²) in [5.41, 5.74) is 0.519. The van der Waals surface area contributed by atoms with Gasteiger partial charge in [0.1, 0.15) is 9.56 Å². The first kappa shape index (κ1) is 11.3. The van der Waals surface area contributed by atoms with E-state index in [1.807, 2.05) is 0 Å². The third kappa shape index (κ3) is 1.78. The molecule has 0 N–H and O–H groups in total. The zero-order chi connectivity index (χ0) is 11.8. The van der Waals surface area contributed by atoms with Crippen LogP contribution in [-0.2, 0) is 9.84 Å². The Kier molecular flexibility index (Phi) is 2.86. The number of halogens is 1. The van der Waals surface area contributed by atoms with Crippen molar-refractivity contribution in [3.63, 3.8) is 0 Å². The molecule has 0 unspecified atom stereocenters. The van der Waals surface area contributed by atoms with Crippen LogP contribution in [0.1, 0.15) is 5.56 Å². The van der Waals surface area contributed by atoms with Gasteiger partial charge in [-0.15, -0.1) is 0 Å². The number of nitrogens with zero attached hydrogens (tertiary/aromatic N) is 1. The maximum Gasteiger partial charge on any atom is 0.232 e. The van der Waals surface area contributed by atoms with Crippen LogP contribution in [0.4, 0.5) is 0 Å². The molecule has 2 rings (SSSR count). The number of rotatable bonds is 2. The Morgan fingerprint density at radius 2 is 2.12 bits per heavy atom. The van der Waals surface area contributed by atoms with Crippen LogP contribution in [0.25, 0.3) is 0 Å². The van der Waals surface area contributed by atoms with Gasteiger partial charge < -0.3 is 4.74 Å². The molecule has 1 aromatic rings. The second kappa shape index (κ2) is 4.03. The molecule has 0 saturated carbocycles. The lowest BCUT2D eigenvalue weighted by Crippen LogP contribution is -2.12. The highest BCUT2D eigenvalue weighted by molar-refractivity contribution is 9.14. The lowest BCUT2D eigenvalue weighted by Gasteiger charge is -2.04. The maximum absolute atomic E-state index is 11.8. The standard InChI is InChI=1S/C10H8BrNO3S/c1-15-8-4-2-3-7(5-8)10-12-6-9(11)16(10,13)14/h2-6H,1H3. The number of hydrogen-bond donors (Lipinski definition) is 0. The van der Waals surface area contributed by atoms with Crippen LogP contribution in [0.3, 0.4) is 0 Å². The van der Waals surface area contributed by atoms with Crippen molar-refractivity contribution in [2.75, 3.05) is 7.11 Å². The first-order chi connectivity index (χ1) is 7.55.